The Morgan fingerprint density at radius 1 is 1.55 bits per heavy atom. The van der Waals surface area contributed by atoms with Crippen molar-refractivity contribution in [3.8, 4) is 0 Å². The van der Waals surface area contributed by atoms with Crippen LogP contribution in [0.4, 0.5) is 0 Å². The van der Waals surface area contributed by atoms with Crippen molar-refractivity contribution in [2.45, 2.75) is 17.8 Å². The van der Waals surface area contributed by atoms with Gasteiger partial charge >= 0.3 is 81.1 Å². The van der Waals surface area contributed by atoms with Crippen molar-refractivity contribution < 1.29 is 0 Å². The van der Waals surface area contributed by atoms with Gasteiger partial charge in [0.05, 0.1) is 0 Å². The average Bonchev–Trinajstić information content (AvgIpc) is 2.06. The van der Waals surface area contributed by atoms with Gasteiger partial charge in [-0.1, -0.05) is 0 Å². The van der Waals surface area contributed by atoms with Crippen molar-refractivity contribution in [3.05, 3.63) is 30.1 Å². The Morgan fingerprint density at radius 2 is 2.36 bits per heavy atom. The van der Waals surface area contributed by atoms with E-state index < -0.39 is 0 Å². The molecule has 1 atom stereocenters. The van der Waals surface area contributed by atoms with Gasteiger partial charge in [0.15, 0.2) is 0 Å². The normalized spacial score (nSPS) is 12.9. The molecule has 0 radical (unpaired) electrons. The third-order valence-electron chi connectivity index (χ3n) is 1.60. The van der Waals surface area contributed by atoms with E-state index in [1.54, 1.807) is 0 Å². The molecular formula is C9H13NTe. The summed E-state index contributed by atoms with van der Waals surface area (Å²) in [4.78, 5) is 4.27. The molecular weight excluding hydrogens is 250 g/mol. The summed E-state index contributed by atoms with van der Waals surface area (Å²) in [5.74, 6) is 0.777. The Kier molecular flexibility index (Phi) is 3.90. The molecule has 0 aliphatic carbocycles. The molecule has 1 nitrogen and oxygen atoms in total. The molecule has 0 saturated carbocycles. The van der Waals surface area contributed by atoms with Crippen LogP contribution in [0.2, 0.25) is 4.47 Å². The summed E-state index contributed by atoms with van der Waals surface area (Å²) in [7, 11) is 0. The van der Waals surface area contributed by atoms with Crippen LogP contribution < -0.4 is 0 Å². The summed E-state index contributed by atoms with van der Waals surface area (Å²) >= 11 is 1.89. The number of pyridine rings is 1. The number of aromatic nitrogens is 1. The fourth-order valence-electron chi connectivity index (χ4n) is 0.940. The van der Waals surface area contributed by atoms with E-state index in [1.165, 1.54) is 10.2 Å². The molecule has 1 heterocycles. The predicted molar refractivity (Wildman–Crippen MR) is 49.1 cm³/mol. The average molecular weight is 263 g/mol. The second-order valence-electron chi connectivity index (χ2n) is 2.81. The Labute approximate surface area is 81.1 Å². The zero-order chi connectivity index (χ0) is 8.10. The second-order valence-corrected chi connectivity index (χ2v) is 3.86. The van der Waals surface area contributed by atoms with Gasteiger partial charge in [-0.2, -0.15) is 0 Å². The van der Waals surface area contributed by atoms with Crippen LogP contribution in [-0.4, -0.2) is 27.3 Å². The van der Waals surface area contributed by atoms with Crippen LogP contribution >= 0.6 is 0 Å². The molecule has 0 aromatic carbocycles. The van der Waals surface area contributed by atoms with Gasteiger partial charge in [0.2, 0.25) is 0 Å². The van der Waals surface area contributed by atoms with Crippen molar-refractivity contribution >= 4 is 22.3 Å². The monoisotopic (exact) mass is 265 g/mol. The molecule has 0 amide bonds. The molecule has 0 saturated heterocycles. The molecule has 1 rings (SSSR count). The van der Waals surface area contributed by atoms with E-state index in [1.807, 2.05) is 34.6 Å². The molecule has 0 bridgehead atoms. The zero-order valence-electron chi connectivity index (χ0n) is 6.70. The Balaban J connectivity index is 2.51. The zero-order valence-corrected chi connectivity index (χ0v) is 9.25. The topological polar surface area (TPSA) is 12.9 Å². The van der Waals surface area contributed by atoms with Crippen LogP contribution in [-0.2, 0) is 6.42 Å². The molecule has 2 heteroatoms. The number of hydrogen-bond acceptors (Lipinski definition) is 1. The molecule has 0 N–H and O–H groups in total. The molecule has 0 aliphatic rings. The van der Waals surface area contributed by atoms with Gasteiger partial charge in [0.25, 0.3) is 0 Å². The van der Waals surface area contributed by atoms with Gasteiger partial charge in [-0.3, -0.25) is 0 Å². The van der Waals surface area contributed by atoms with Crippen molar-refractivity contribution in [2.24, 2.45) is 5.92 Å². The van der Waals surface area contributed by atoms with Crippen LogP contribution in [0.1, 0.15) is 12.6 Å². The summed E-state index contributed by atoms with van der Waals surface area (Å²) in [6, 6.07) is 6.11. The van der Waals surface area contributed by atoms with Crippen LogP contribution in [0.3, 0.4) is 0 Å². The molecule has 0 fully saturated rings. The summed E-state index contributed by atoms with van der Waals surface area (Å²) in [6.07, 6.45) is 2.98. The standard InChI is InChI=1S/C9H13NTe/c1-8(7-11)6-9-4-2-3-5-10-9/h2-5,8,11H,6-7H2,1H3. The third-order valence-corrected chi connectivity index (χ3v) is 3.37. The van der Waals surface area contributed by atoms with Crippen LogP contribution in [0.5, 0.6) is 0 Å². The number of rotatable bonds is 3. The molecule has 11 heavy (non-hydrogen) atoms. The first kappa shape index (κ1) is 9.03. The molecule has 1 unspecified atom stereocenters. The van der Waals surface area contributed by atoms with E-state index in [0.29, 0.717) is 0 Å². The van der Waals surface area contributed by atoms with E-state index in [9.17, 15) is 0 Å². The third kappa shape index (κ3) is 3.22. The molecule has 1 aromatic rings. The minimum atomic E-state index is 0.777. The Morgan fingerprint density at radius 3 is 2.91 bits per heavy atom. The van der Waals surface area contributed by atoms with Gasteiger partial charge in [0.1, 0.15) is 0 Å². The van der Waals surface area contributed by atoms with Gasteiger partial charge in [0, 0.05) is 0 Å². The van der Waals surface area contributed by atoms with Gasteiger partial charge in [-0.05, 0) is 0 Å². The van der Waals surface area contributed by atoms with Gasteiger partial charge < -0.3 is 0 Å². The van der Waals surface area contributed by atoms with E-state index in [-0.39, 0.29) is 0 Å². The van der Waals surface area contributed by atoms with Crippen LogP contribution in [0.15, 0.2) is 24.4 Å². The van der Waals surface area contributed by atoms with E-state index >= 15 is 0 Å². The predicted octanol–water partition coefficient (Wildman–Crippen LogP) is 1.58. The van der Waals surface area contributed by atoms with Crippen LogP contribution in [0.25, 0.3) is 0 Å². The minimum absolute atomic E-state index is 0.777. The van der Waals surface area contributed by atoms with Crippen molar-refractivity contribution in [3.63, 3.8) is 0 Å². The summed E-state index contributed by atoms with van der Waals surface area (Å²) < 4.78 is 1.28. The van der Waals surface area contributed by atoms with E-state index in [0.717, 1.165) is 12.3 Å². The molecule has 0 spiro atoms. The Bertz CT molecular complexity index is 198. The second kappa shape index (κ2) is 4.74. The maximum absolute atomic E-state index is 4.27. The molecule has 60 valence electrons. The number of nitrogens with zero attached hydrogens (tertiary/aromatic N) is 1. The van der Waals surface area contributed by atoms with E-state index in [4.69, 9.17) is 0 Å². The SMILES string of the molecule is CC(C[TeH])Cc1ccccn1. The first-order valence-electron chi connectivity index (χ1n) is 3.83. The van der Waals surface area contributed by atoms with Gasteiger partial charge in [-0.15, -0.1) is 0 Å². The molecule has 1 aromatic heterocycles. The summed E-state index contributed by atoms with van der Waals surface area (Å²) in [5, 5.41) is 0. The maximum atomic E-state index is 4.27. The van der Waals surface area contributed by atoms with Crippen LogP contribution in [0, 0.1) is 5.92 Å². The van der Waals surface area contributed by atoms with Gasteiger partial charge in [-0.25, -0.2) is 0 Å². The fourth-order valence-corrected chi connectivity index (χ4v) is 1.31. The first-order valence-corrected chi connectivity index (χ1v) is 5.64. The fraction of sp³-hybridized carbons (Fsp3) is 0.444. The first-order chi connectivity index (χ1) is 5.33. The summed E-state index contributed by atoms with van der Waals surface area (Å²) in [6.45, 7) is 2.27. The molecule has 0 aliphatic heterocycles. The quantitative estimate of drug-likeness (QED) is 0.754. The van der Waals surface area contributed by atoms with Crippen molar-refractivity contribution in [2.75, 3.05) is 0 Å². The summed E-state index contributed by atoms with van der Waals surface area (Å²) in [5.41, 5.74) is 1.22. The number of hydrogen-bond donors (Lipinski definition) is 0. The van der Waals surface area contributed by atoms with Crippen molar-refractivity contribution in [1.82, 2.24) is 4.98 Å². The van der Waals surface area contributed by atoms with E-state index in [2.05, 4.69) is 24.0 Å². The van der Waals surface area contributed by atoms with Crippen molar-refractivity contribution in [1.29, 1.82) is 0 Å². The Hall–Kier alpha value is -0.0604.